The molecule has 4 atom stereocenters. The summed E-state index contributed by atoms with van der Waals surface area (Å²) in [5, 5.41) is 51.3. The Morgan fingerprint density at radius 3 is 2.05 bits per heavy atom. The lowest BCUT2D eigenvalue weighted by Crippen LogP contribution is -2.44. The van der Waals surface area contributed by atoms with Crippen LogP contribution in [-0.2, 0) is 9.59 Å². The SMILES string of the molecule is CSCCC(N)C(=O)O.O=C(CO)[C@@H](O)[C@H](O)[C@H](O)CO. The quantitative estimate of drug-likeness (QED) is 0.227. The lowest BCUT2D eigenvalue weighted by Gasteiger charge is -2.19. The molecule has 0 saturated heterocycles. The second-order valence-corrected chi connectivity index (χ2v) is 5.02. The van der Waals surface area contributed by atoms with Crippen molar-refractivity contribution in [1.82, 2.24) is 0 Å². The number of aliphatic hydroxyl groups excluding tert-OH is 5. The fourth-order valence-electron chi connectivity index (χ4n) is 0.971. The number of Topliss-reactive ketones (excluding diaryl/α,β-unsaturated/α-hetero) is 1. The predicted octanol–water partition coefficient (Wildman–Crippen LogP) is -3.23. The van der Waals surface area contributed by atoms with Crippen LogP contribution in [0.4, 0.5) is 0 Å². The molecule has 10 heteroatoms. The zero-order chi connectivity index (χ0) is 17.0. The van der Waals surface area contributed by atoms with E-state index in [1.54, 1.807) is 11.8 Å². The Morgan fingerprint density at radius 1 is 1.19 bits per heavy atom. The first-order valence-electron chi connectivity index (χ1n) is 5.98. The smallest absolute Gasteiger partial charge is 0.320 e. The van der Waals surface area contributed by atoms with Crippen LogP contribution in [0.3, 0.4) is 0 Å². The van der Waals surface area contributed by atoms with Crippen molar-refractivity contribution in [2.75, 3.05) is 25.2 Å². The Balaban J connectivity index is 0. The van der Waals surface area contributed by atoms with Crippen LogP contribution in [0.1, 0.15) is 6.42 Å². The van der Waals surface area contributed by atoms with Crippen LogP contribution in [0.5, 0.6) is 0 Å². The van der Waals surface area contributed by atoms with Gasteiger partial charge in [0.15, 0.2) is 5.78 Å². The van der Waals surface area contributed by atoms with Gasteiger partial charge in [0.05, 0.1) is 6.61 Å². The van der Waals surface area contributed by atoms with Gasteiger partial charge in [0.2, 0.25) is 0 Å². The molecule has 0 aliphatic heterocycles. The van der Waals surface area contributed by atoms with Crippen LogP contribution in [0.25, 0.3) is 0 Å². The van der Waals surface area contributed by atoms with E-state index < -0.39 is 49.3 Å². The molecular formula is C11H23NO8S. The average Bonchev–Trinajstić information content (AvgIpc) is 2.49. The summed E-state index contributed by atoms with van der Waals surface area (Å²) in [6, 6.07) is -0.683. The van der Waals surface area contributed by atoms with E-state index >= 15 is 0 Å². The lowest BCUT2D eigenvalue weighted by atomic mass is 10.1. The van der Waals surface area contributed by atoms with E-state index in [1.165, 1.54) is 0 Å². The number of carboxylic acids is 1. The number of rotatable bonds is 9. The third-order valence-electron chi connectivity index (χ3n) is 2.34. The van der Waals surface area contributed by atoms with Crippen molar-refractivity contribution in [3.63, 3.8) is 0 Å². The standard InChI is InChI=1S/C6H12O6.C5H11NO2S/c7-1-3(9)5(11)6(12)4(10)2-8;1-9-3-2-4(6)5(7)8/h3,5-9,11-12H,1-2H2;4H,2-3,6H2,1H3,(H,7,8)/t3-,5-,6-;/m1./s1. The number of ketones is 1. The van der Waals surface area contributed by atoms with Gasteiger partial charge in [-0.3, -0.25) is 9.59 Å². The number of thioether (sulfide) groups is 1. The van der Waals surface area contributed by atoms with Gasteiger partial charge in [-0.05, 0) is 18.4 Å². The molecular weight excluding hydrogens is 306 g/mol. The second-order valence-electron chi connectivity index (χ2n) is 4.04. The molecule has 0 amide bonds. The molecule has 0 bridgehead atoms. The molecule has 0 rings (SSSR count). The minimum absolute atomic E-state index is 0.552. The first-order valence-corrected chi connectivity index (χ1v) is 7.38. The Kier molecular flexibility index (Phi) is 13.9. The predicted molar refractivity (Wildman–Crippen MR) is 75.8 cm³/mol. The molecule has 1 unspecified atom stereocenters. The number of carboxylic acid groups (broad SMARTS) is 1. The molecule has 126 valence electrons. The molecule has 0 heterocycles. The molecule has 0 aliphatic carbocycles. The molecule has 9 nitrogen and oxygen atoms in total. The molecule has 0 fully saturated rings. The minimum Gasteiger partial charge on any atom is -0.480 e. The summed E-state index contributed by atoms with van der Waals surface area (Å²) in [5.41, 5.74) is 5.19. The van der Waals surface area contributed by atoms with Crippen LogP contribution >= 0.6 is 11.8 Å². The highest BCUT2D eigenvalue weighted by molar-refractivity contribution is 7.98. The monoisotopic (exact) mass is 329 g/mol. The van der Waals surface area contributed by atoms with Crippen molar-refractivity contribution in [3.8, 4) is 0 Å². The highest BCUT2D eigenvalue weighted by Gasteiger charge is 2.28. The summed E-state index contributed by atoms with van der Waals surface area (Å²) >= 11 is 1.60. The zero-order valence-corrected chi connectivity index (χ0v) is 12.4. The molecule has 21 heavy (non-hydrogen) atoms. The molecule has 0 saturated carbocycles. The Morgan fingerprint density at radius 2 is 1.71 bits per heavy atom. The van der Waals surface area contributed by atoms with Crippen LogP contribution in [0, 0.1) is 0 Å². The average molecular weight is 329 g/mol. The Labute approximate surface area is 126 Å². The third-order valence-corrected chi connectivity index (χ3v) is 2.98. The van der Waals surface area contributed by atoms with Gasteiger partial charge >= 0.3 is 5.97 Å². The lowest BCUT2D eigenvalue weighted by molar-refractivity contribution is -0.142. The summed E-state index contributed by atoms with van der Waals surface area (Å²) in [7, 11) is 0. The molecule has 0 aromatic heterocycles. The highest BCUT2D eigenvalue weighted by Crippen LogP contribution is 2.00. The van der Waals surface area contributed by atoms with Crippen LogP contribution in [0.15, 0.2) is 0 Å². The minimum atomic E-state index is -1.86. The van der Waals surface area contributed by atoms with E-state index in [1.807, 2.05) is 6.26 Å². The Hall–Kier alpha value is -0.750. The summed E-state index contributed by atoms with van der Waals surface area (Å²) < 4.78 is 0. The van der Waals surface area contributed by atoms with E-state index in [4.69, 9.17) is 36.4 Å². The maximum Gasteiger partial charge on any atom is 0.320 e. The van der Waals surface area contributed by atoms with Crippen LogP contribution in [-0.4, -0.2) is 92.0 Å². The summed E-state index contributed by atoms with van der Waals surface area (Å²) in [6.45, 7) is -1.69. The first kappa shape index (κ1) is 22.5. The second kappa shape index (κ2) is 13.0. The van der Waals surface area contributed by atoms with Crippen molar-refractivity contribution in [3.05, 3.63) is 0 Å². The summed E-state index contributed by atoms with van der Waals surface area (Å²) in [4.78, 5) is 20.6. The summed E-state index contributed by atoms with van der Waals surface area (Å²) in [5.74, 6) is -1.10. The van der Waals surface area contributed by atoms with Gasteiger partial charge < -0.3 is 36.4 Å². The summed E-state index contributed by atoms with van der Waals surface area (Å²) in [6.07, 6.45) is -2.74. The van der Waals surface area contributed by atoms with E-state index in [-0.39, 0.29) is 0 Å². The third kappa shape index (κ3) is 10.6. The number of nitrogens with two attached hydrogens (primary N) is 1. The zero-order valence-electron chi connectivity index (χ0n) is 11.6. The van der Waals surface area contributed by atoms with E-state index in [0.717, 1.165) is 5.75 Å². The fourth-order valence-corrected chi connectivity index (χ4v) is 1.46. The van der Waals surface area contributed by atoms with E-state index in [2.05, 4.69) is 0 Å². The van der Waals surface area contributed by atoms with Crippen molar-refractivity contribution in [2.45, 2.75) is 30.8 Å². The first-order chi connectivity index (χ1) is 9.72. The number of hydrogen-bond acceptors (Lipinski definition) is 9. The van der Waals surface area contributed by atoms with Crippen molar-refractivity contribution < 1.29 is 40.2 Å². The normalized spacial score (nSPS) is 16.1. The number of aliphatic hydroxyl groups is 5. The largest absolute Gasteiger partial charge is 0.480 e. The molecule has 0 spiro atoms. The highest BCUT2D eigenvalue weighted by atomic mass is 32.2. The van der Waals surface area contributed by atoms with Crippen molar-refractivity contribution >= 4 is 23.5 Å². The molecule has 0 aromatic rings. The van der Waals surface area contributed by atoms with Gasteiger partial charge in [-0.25, -0.2) is 0 Å². The van der Waals surface area contributed by atoms with E-state index in [0.29, 0.717) is 6.42 Å². The van der Waals surface area contributed by atoms with Crippen molar-refractivity contribution in [2.24, 2.45) is 5.73 Å². The topological polar surface area (TPSA) is 182 Å². The number of hydrogen-bond donors (Lipinski definition) is 7. The van der Waals surface area contributed by atoms with Gasteiger partial charge in [0.25, 0.3) is 0 Å². The van der Waals surface area contributed by atoms with Gasteiger partial charge in [0, 0.05) is 0 Å². The molecule has 0 aromatic carbocycles. The van der Waals surface area contributed by atoms with Gasteiger partial charge in [0.1, 0.15) is 31.0 Å². The maximum absolute atomic E-state index is 10.5. The van der Waals surface area contributed by atoms with E-state index in [9.17, 15) is 9.59 Å². The molecule has 0 radical (unpaired) electrons. The maximum atomic E-state index is 10.5. The number of aliphatic carboxylic acids is 1. The Bertz CT molecular complexity index is 304. The van der Waals surface area contributed by atoms with Crippen molar-refractivity contribution in [1.29, 1.82) is 0 Å². The number of carbonyl (C=O) groups excluding carboxylic acids is 1. The van der Waals surface area contributed by atoms with Gasteiger partial charge in [-0.2, -0.15) is 11.8 Å². The van der Waals surface area contributed by atoms with Gasteiger partial charge in [-0.1, -0.05) is 0 Å². The fraction of sp³-hybridized carbons (Fsp3) is 0.818. The van der Waals surface area contributed by atoms with Crippen LogP contribution in [0.2, 0.25) is 0 Å². The molecule has 0 aliphatic rings. The van der Waals surface area contributed by atoms with Gasteiger partial charge in [-0.15, -0.1) is 0 Å². The number of carbonyl (C=O) groups is 2. The molecule has 8 N–H and O–H groups in total. The van der Waals surface area contributed by atoms with Crippen LogP contribution < -0.4 is 5.73 Å².